The highest BCUT2D eigenvalue weighted by Crippen LogP contribution is 2.26. The van der Waals surface area contributed by atoms with Crippen molar-refractivity contribution in [2.75, 3.05) is 13.2 Å². The van der Waals surface area contributed by atoms with Crippen molar-refractivity contribution in [2.45, 2.75) is 96.0 Å². The van der Waals surface area contributed by atoms with Crippen LogP contribution in [0.5, 0.6) is 0 Å². The van der Waals surface area contributed by atoms with Crippen LogP contribution in [0.25, 0.3) is 0 Å². The zero-order valence-corrected chi connectivity index (χ0v) is 24.1. The number of carbonyl (C=O) groups excluding carboxylic acids is 5. The number of rotatable bonds is 16. The summed E-state index contributed by atoms with van der Waals surface area (Å²) < 4.78 is 5.48. The second-order valence-corrected chi connectivity index (χ2v) is 10.8. The topological polar surface area (TPSA) is 194 Å². The number of esters is 1. The molecule has 7 N–H and O–H groups in total. The summed E-state index contributed by atoms with van der Waals surface area (Å²) in [6.45, 7) is 2.73. The normalized spacial score (nSPS) is 15.8. The first-order chi connectivity index (χ1) is 19.6. The van der Waals surface area contributed by atoms with Crippen molar-refractivity contribution in [3.05, 3.63) is 35.9 Å². The Kier molecular flexibility index (Phi) is 14.2. The number of benzene rings is 1. The summed E-state index contributed by atoms with van der Waals surface area (Å²) in [5.41, 5.74) is 11.5. The van der Waals surface area contributed by atoms with Crippen molar-refractivity contribution >= 4 is 29.6 Å². The monoisotopic (exact) mass is 575 g/mol. The fourth-order valence-corrected chi connectivity index (χ4v) is 5.00. The molecule has 228 valence electrons. The van der Waals surface area contributed by atoms with E-state index in [0.29, 0.717) is 12.8 Å². The van der Waals surface area contributed by atoms with Gasteiger partial charge in [0.15, 0.2) is 0 Å². The molecule has 0 heterocycles. The molecule has 0 spiro atoms. The molecule has 0 unspecified atom stereocenters. The van der Waals surface area contributed by atoms with E-state index in [0.717, 1.165) is 24.8 Å². The molecule has 0 saturated heterocycles. The number of aliphatic hydroxyl groups excluding tert-OH is 1. The van der Waals surface area contributed by atoms with Crippen molar-refractivity contribution in [3.63, 3.8) is 0 Å². The Hall–Kier alpha value is -3.51. The maximum absolute atomic E-state index is 13.9. The lowest BCUT2D eigenvalue weighted by molar-refractivity contribution is -0.153. The molecule has 1 aliphatic rings. The Morgan fingerprint density at radius 3 is 2.24 bits per heavy atom. The van der Waals surface area contributed by atoms with Gasteiger partial charge in [-0.2, -0.15) is 0 Å². The van der Waals surface area contributed by atoms with Gasteiger partial charge in [0.2, 0.25) is 23.6 Å². The summed E-state index contributed by atoms with van der Waals surface area (Å²) in [7, 11) is 0. The summed E-state index contributed by atoms with van der Waals surface area (Å²) in [4.78, 5) is 65.5. The Morgan fingerprint density at radius 1 is 1.02 bits per heavy atom. The average Bonchev–Trinajstić information content (AvgIpc) is 2.96. The van der Waals surface area contributed by atoms with Crippen LogP contribution < -0.4 is 22.1 Å². The van der Waals surface area contributed by atoms with E-state index in [4.69, 9.17) is 16.2 Å². The zero-order chi connectivity index (χ0) is 30.4. The minimum Gasteiger partial charge on any atom is -0.459 e. The van der Waals surface area contributed by atoms with Gasteiger partial charge < -0.3 is 36.8 Å². The quantitative estimate of drug-likeness (QED) is 0.176. The Balaban J connectivity index is 2.31. The molecule has 0 radical (unpaired) electrons. The smallest absolute Gasteiger partial charge is 0.328 e. The Bertz CT molecular complexity index is 1010. The van der Waals surface area contributed by atoms with Gasteiger partial charge >= 0.3 is 5.97 Å². The van der Waals surface area contributed by atoms with Crippen LogP contribution in [-0.4, -0.2) is 76.9 Å². The summed E-state index contributed by atoms with van der Waals surface area (Å²) in [6, 6.07) is 5.22. The van der Waals surface area contributed by atoms with Crippen LogP contribution in [0.1, 0.15) is 70.8 Å². The number of amides is 4. The van der Waals surface area contributed by atoms with E-state index in [-0.39, 0.29) is 38.3 Å². The van der Waals surface area contributed by atoms with Crippen LogP contribution in [0.4, 0.5) is 0 Å². The lowest BCUT2D eigenvalue weighted by Crippen LogP contribution is -2.62. The SMILES string of the molecule is CC(C)C[C@H](NC(=O)[C@H](CO)N(C(=O)[C@H](CCC(N)=O)NC(=O)CN)C1CCCCC1)C(=O)OCc1ccccc1. The first-order valence-corrected chi connectivity index (χ1v) is 14.3. The van der Waals surface area contributed by atoms with Gasteiger partial charge in [0.1, 0.15) is 24.7 Å². The molecular formula is C29H45N5O7. The van der Waals surface area contributed by atoms with Gasteiger partial charge in [-0.05, 0) is 37.2 Å². The molecule has 0 bridgehead atoms. The number of nitrogens with two attached hydrogens (primary N) is 2. The van der Waals surface area contributed by atoms with Crippen molar-refractivity contribution in [3.8, 4) is 0 Å². The largest absolute Gasteiger partial charge is 0.459 e. The Labute approximate surface area is 241 Å². The van der Waals surface area contributed by atoms with Gasteiger partial charge in [0.05, 0.1) is 13.2 Å². The first kappa shape index (κ1) is 33.7. The lowest BCUT2D eigenvalue weighted by Gasteiger charge is -2.41. The van der Waals surface area contributed by atoms with Crippen LogP contribution in [0.2, 0.25) is 0 Å². The van der Waals surface area contributed by atoms with Gasteiger partial charge in [-0.3, -0.25) is 19.2 Å². The van der Waals surface area contributed by atoms with E-state index in [1.54, 1.807) is 0 Å². The molecule has 1 aromatic rings. The molecule has 0 aliphatic heterocycles. The summed E-state index contributed by atoms with van der Waals surface area (Å²) >= 11 is 0. The van der Waals surface area contributed by atoms with Crippen LogP contribution in [0, 0.1) is 5.92 Å². The fraction of sp³-hybridized carbons (Fsp3) is 0.621. The van der Waals surface area contributed by atoms with Crippen LogP contribution in [0.3, 0.4) is 0 Å². The third kappa shape index (κ3) is 11.1. The molecule has 1 saturated carbocycles. The number of hydrogen-bond acceptors (Lipinski definition) is 8. The summed E-state index contributed by atoms with van der Waals surface area (Å²) in [6.07, 6.45) is 3.79. The van der Waals surface area contributed by atoms with Gasteiger partial charge in [0.25, 0.3) is 0 Å². The van der Waals surface area contributed by atoms with Gasteiger partial charge in [-0.1, -0.05) is 63.4 Å². The van der Waals surface area contributed by atoms with Gasteiger partial charge in [-0.25, -0.2) is 4.79 Å². The highest BCUT2D eigenvalue weighted by molar-refractivity contribution is 5.94. The minimum atomic E-state index is -1.34. The number of nitrogens with zero attached hydrogens (tertiary/aromatic N) is 1. The molecule has 12 nitrogen and oxygen atoms in total. The van der Waals surface area contributed by atoms with Crippen molar-refractivity contribution in [2.24, 2.45) is 17.4 Å². The van der Waals surface area contributed by atoms with E-state index in [9.17, 15) is 29.1 Å². The molecular weight excluding hydrogens is 530 g/mol. The summed E-state index contributed by atoms with van der Waals surface area (Å²) in [5, 5.41) is 15.6. The number of primary amides is 1. The lowest BCUT2D eigenvalue weighted by atomic mass is 9.92. The molecule has 2 rings (SSSR count). The second-order valence-electron chi connectivity index (χ2n) is 10.8. The number of hydrogen-bond donors (Lipinski definition) is 5. The van der Waals surface area contributed by atoms with E-state index in [2.05, 4.69) is 10.6 Å². The number of carbonyl (C=O) groups is 5. The van der Waals surface area contributed by atoms with E-state index in [1.165, 1.54) is 4.90 Å². The third-order valence-corrected chi connectivity index (χ3v) is 7.06. The standard InChI is InChI=1S/C29H45N5O7/c1-19(2)15-23(29(40)41-18-20-9-5-3-6-10-20)33-27(38)24(17-35)34(21-11-7-4-8-12-21)28(39)22(13-14-25(31)36)32-26(37)16-30/h3,5-6,9-10,19,21-24,35H,4,7-8,11-18,30H2,1-2H3,(H2,31,36)(H,32,37)(H,33,38)/t22-,23-,24-/m0/s1. The highest BCUT2D eigenvalue weighted by atomic mass is 16.5. The van der Waals surface area contributed by atoms with Crippen LogP contribution in [-0.2, 0) is 35.3 Å². The van der Waals surface area contributed by atoms with Crippen LogP contribution in [0.15, 0.2) is 30.3 Å². The minimum absolute atomic E-state index is 0.0258. The average molecular weight is 576 g/mol. The molecule has 0 aromatic heterocycles. The molecule has 12 heteroatoms. The zero-order valence-electron chi connectivity index (χ0n) is 24.1. The predicted octanol–water partition coefficient (Wildman–Crippen LogP) is 0.492. The maximum Gasteiger partial charge on any atom is 0.328 e. The molecule has 1 aromatic carbocycles. The number of ether oxygens (including phenoxy) is 1. The van der Waals surface area contributed by atoms with Crippen molar-refractivity contribution in [1.82, 2.24) is 15.5 Å². The van der Waals surface area contributed by atoms with Gasteiger partial charge in [-0.15, -0.1) is 0 Å². The second kappa shape index (κ2) is 17.3. The van der Waals surface area contributed by atoms with Crippen LogP contribution >= 0.6 is 0 Å². The van der Waals surface area contributed by atoms with Gasteiger partial charge in [0, 0.05) is 12.5 Å². The predicted molar refractivity (Wildman–Crippen MR) is 152 cm³/mol. The number of nitrogens with one attached hydrogen (secondary N) is 2. The molecule has 41 heavy (non-hydrogen) atoms. The molecule has 1 fully saturated rings. The molecule has 1 aliphatic carbocycles. The maximum atomic E-state index is 13.9. The van der Waals surface area contributed by atoms with Crippen molar-refractivity contribution in [1.29, 1.82) is 0 Å². The van der Waals surface area contributed by atoms with E-state index in [1.807, 2.05) is 44.2 Å². The summed E-state index contributed by atoms with van der Waals surface area (Å²) in [5.74, 6) is -3.21. The van der Waals surface area contributed by atoms with E-state index < -0.39 is 60.4 Å². The fourth-order valence-electron chi connectivity index (χ4n) is 5.00. The molecule has 4 amide bonds. The molecule has 3 atom stereocenters. The number of aliphatic hydroxyl groups is 1. The highest BCUT2D eigenvalue weighted by Gasteiger charge is 2.40. The first-order valence-electron chi connectivity index (χ1n) is 14.3. The Morgan fingerprint density at radius 2 is 1.68 bits per heavy atom. The van der Waals surface area contributed by atoms with E-state index >= 15 is 0 Å². The van der Waals surface area contributed by atoms with Crippen molar-refractivity contribution < 1.29 is 33.8 Å². The third-order valence-electron chi connectivity index (χ3n) is 7.06.